The predicted molar refractivity (Wildman–Crippen MR) is 108 cm³/mol. The van der Waals surface area contributed by atoms with Gasteiger partial charge < -0.3 is 9.16 Å². The molecule has 0 aliphatic heterocycles. The number of carbonyl (C=O) groups excluding carboxylic acids is 1. The molecule has 0 unspecified atom stereocenters. The van der Waals surface area contributed by atoms with Crippen LogP contribution in [0.15, 0.2) is 12.1 Å². The molecule has 0 atom stereocenters. The zero-order valence-electron chi connectivity index (χ0n) is 17.8. The average Bonchev–Trinajstić information content (AvgIpc) is 2.34. The van der Waals surface area contributed by atoms with Crippen molar-refractivity contribution >= 4 is 14.3 Å². The number of ether oxygens (including phenoxy) is 1. The lowest BCUT2D eigenvalue weighted by atomic mass is 9.78. The molecule has 0 radical (unpaired) electrons. The molecule has 1 aromatic carbocycles. The topological polar surface area (TPSA) is 35.5 Å². The third kappa shape index (κ3) is 5.68. The summed E-state index contributed by atoms with van der Waals surface area (Å²) in [4.78, 5) is 11.5. The molecule has 0 heterocycles. The Labute approximate surface area is 155 Å². The monoisotopic (exact) mass is 364 g/mol. The molecule has 0 amide bonds. The maximum absolute atomic E-state index is 11.5. The first-order valence-corrected chi connectivity index (χ1v) is 12.0. The van der Waals surface area contributed by atoms with Crippen molar-refractivity contribution in [3.63, 3.8) is 0 Å². The Balaban J connectivity index is 3.04. The van der Waals surface area contributed by atoms with Crippen LogP contribution in [-0.4, -0.2) is 20.9 Å². The highest BCUT2D eigenvalue weighted by Gasteiger charge is 2.37. The summed E-state index contributed by atoms with van der Waals surface area (Å²) in [6.07, 6.45) is 0.887. The number of esters is 1. The summed E-state index contributed by atoms with van der Waals surface area (Å²) in [5.74, 6) is 0.405. The Bertz CT molecular complexity index is 625. The molecule has 0 aliphatic rings. The SMILES string of the molecule is CC(=O)Oc1cc(C)cc(C)c1C(C)(C)CCO[Si](C)(C)C(C)(C)C. The summed E-state index contributed by atoms with van der Waals surface area (Å²) in [5.41, 5.74) is 3.23. The molecule has 3 nitrogen and oxygen atoms in total. The second-order valence-electron chi connectivity index (χ2n) is 9.29. The van der Waals surface area contributed by atoms with Crippen molar-refractivity contribution in [2.24, 2.45) is 0 Å². The number of hydrogen-bond donors (Lipinski definition) is 0. The summed E-state index contributed by atoms with van der Waals surface area (Å²) < 4.78 is 11.9. The molecule has 0 saturated carbocycles. The number of carbonyl (C=O) groups is 1. The van der Waals surface area contributed by atoms with Crippen LogP contribution in [-0.2, 0) is 14.6 Å². The van der Waals surface area contributed by atoms with Crippen LogP contribution >= 0.6 is 0 Å². The summed E-state index contributed by atoms with van der Waals surface area (Å²) in [5, 5.41) is 0.208. The molecule has 1 aromatic rings. The van der Waals surface area contributed by atoms with Gasteiger partial charge in [0.1, 0.15) is 5.75 Å². The van der Waals surface area contributed by atoms with Crippen molar-refractivity contribution in [3.8, 4) is 5.75 Å². The van der Waals surface area contributed by atoms with Gasteiger partial charge in [0, 0.05) is 19.1 Å². The number of hydrogen-bond acceptors (Lipinski definition) is 3. The normalized spacial score (nSPS) is 13.0. The number of benzene rings is 1. The Hall–Kier alpha value is -1.13. The van der Waals surface area contributed by atoms with E-state index in [0.29, 0.717) is 5.75 Å². The van der Waals surface area contributed by atoms with Gasteiger partial charge in [-0.1, -0.05) is 40.7 Å². The smallest absolute Gasteiger partial charge is 0.308 e. The maximum atomic E-state index is 11.5. The molecule has 0 bridgehead atoms. The van der Waals surface area contributed by atoms with E-state index in [4.69, 9.17) is 9.16 Å². The zero-order valence-corrected chi connectivity index (χ0v) is 18.8. The third-order valence-corrected chi connectivity index (χ3v) is 9.91. The summed E-state index contributed by atoms with van der Waals surface area (Å²) in [7, 11) is -1.75. The lowest BCUT2D eigenvalue weighted by Crippen LogP contribution is -2.41. The van der Waals surface area contributed by atoms with Gasteiger partial charge in [0.05, 0.1) is 0 Å². The standard InChI is InChI=1S/C21H36O3Si/c1-15-13-16(2)19(18(14-15)24-17(3)22)21(7,8)11-12-23-25(9,10)20(4,5)6/h13-14H,11-12H2,1-10H3. The minimum atomic E-state index is -1.75. The van der Waals surface area contributed by atoms with Crippen molar-refractivity contribution in [3.05, 3.63) is 28.8 Å². The largest absolute Gasteiger partial charge is 0.426 e. The Morgan fingerprint density at radius 2 is 1.64 bits per heavy atom. The first-order valence-electron chi connectivity index (χ1n) is 9.11. The Morgan fingerprint density at radius 3 is 2.12 bits per heavy atom. The molecule has 4 heteroatoms. The molecule has 0 spiro atoms. The zero-order chi connectivity index (χ0) is 19.6. The molecular weight excluding hydrogens is 328 g/mol. The first-order chi connectivity index (χ1) is 11.2. The molecule has 25 heavy (non-hydrogen) atoms. The van der Waals surface area contributed by atoms with Gasteiger partial charge in [-0.25, -0.2) is 0 Å². The van der Waals surface area contributed by atoms with Gasteiger partial charge in [-0.05, 0) is 61.0 Å². The quantitative estimate of drug-likeness (QED) is 0.357. The lowest BCUT2D eigenvalue weighted by molar-refractivity contribution is -0.131. The van der Waals surface area contributed by atoms with Gasteiger partial charge in [0.25, 0.3) is 0 Å². The molecule has 142 valence electrons. The third-order valence-electron chi connectivity index (χ3n) is 5.37. The van der Waals surface area contributed by atoms with Crippen LogP contribution in [0.5, 0.6) is 5.75 Å². The summed E-state index contributed by atoms with van der Waals surface area (Å²) in [6.45, 7) is 22.0. The summed E-state index contributed by atoms with van der Waals surface area (Å²) in [6, 6.07) is 4.11. The van der Waals surface area contributed by atoms with Crippen molar-refractivity contribution in [2.75, 3.05) is 6.61 Å². The lowest BCUT2D eigenvalue weighted by Gasteiger charge is -2.37. The van der Waals surface area contributed by atoms with Crippen LogP contribution in [0.3, 0.4) is 0 Å². The highest BCUT2D eigenvalue weighted by Crippen LogP contribution is 2.40. The van der Waals surface area contributed by atoms with Crippen molar-refractivity contribution < 1.29 is 14.0 Å². The van der Waals surface area contributed by atoms with Crippen LogP contribution in [0.1, 0.15) is 64.7 Å². The minimum absolute atomic E-state index is 0.134. The van der Waals surface area contributed by atoms with Gasteiger partial charge in [-0.2, -0.15) is 0 Å². The van der Waals surface area contributed by atoms with Crippen molar-refractivity contribution in [1.29, 1.82) is 0 Å². The summed E-state index contributed by atoms with van der Waals surface area (Å²) >= 11 is 0. The molecule has 0 fully saturated rings. The average molecular weight is 365 g/mol. The van der Waals surface area contributed by atoms with Crippen molar-refractivity contribution in [1.82, 2.24) is 0 Å². The van der Waals surface area contributed by atoms with E-state index in [1.165, 1.54) is 6.92 Å². The second-order valence-corrected chi connectivity index (χ2v) is 14.1. The fourth-order valence-electron chi connectivity index (χ4n) is 2.93. The van der Waals surface area contributed by atoms with E-state index < -0.39 is 8.32 Å². The molecule has 0 aromatic heterocycles. The molecular formula is C21H36O3Si. The van der Waals surface area contributed by atoms with Crippen LogP contribution < -0.4 is 4.74 Å². The Kier molecular flexibility index (Phi) is 6.68. The van der Waals surface area contributed by atoms with E-state index in [0.717, 1.165) is 29.7 Å². The van der Waals surface area contributed by atoms with E-state index in [1.807, 2.05) is 13.0 Å². The van der Waals surface area contributed by atoms with E-state index >= 15 is 0 Å². The maximum Gasteiger partial charge on any atom is 0.308 e. The molecule has 0 saturated heterocycles. The van der Waals surface area contributed by atoms with Gasteiger partial charge in [-0.15, -0.1) is 0 Å². The van der Waals surface area contributed by atoms with E-state index in [-0.39, 0.29) is 16.4 Å². The van der Waals surface area contributed by atoms with E-state index in [1.54, 1.807) is 0 Å². The molecule has 0 aliphatic carbocycles. The van der Waals surface area contributed by atoms with Gasteiger partial charge in [0.2, 0.25) is 0 Å². The second kappa shape index (κ2) is 7.63. The van der Waals surface area contributed by atoms with Gasteiger partial charge >= 0.3 is 5.97 Å². The van der Waals surface area contributed by atoms with Crippen LogP contribution in [0.2, 0.25) is 18.1 Å². The molecule has 1 rings (SSSR count). The molecule has 0 N–H and O–H groups in total. The number of rotatable bonds is 6. The van der Waals surface area contributed by atoms with Gasteiger partial charge in [-0.3, -0.25) is 4.79 Å². The van der Waals surface area contributed by atoms with Crippen LogP contribution in [0.4, 0.5) is 0 Å². The van der Waals surface area contributed by atoms with Crippen LogP contribution in [0.25, 0.3) is 0 Å². The highest BCUT2D eigenvalue weighted by atomic mass is 28.4. The van der Waals surface area contributed by atoms with E-state index in [9.17, 15) is 4.79 Å². The number of aryl methyl sites for hydroxylation is 2. The van der Waals surface area contributed by atoms with Crippen molar-refractivity contribution in [2.45, 2.75) is 85.4 Å². The fourth-order valence-corrected chi connectivity index (χ4v) is 3.98. The van der Waals surface area contributed by atoms with E-state index in [2.05, 4.69) is 60.7 Å². The van der Waals surface area contributed by atoms with Crippen LogP contribution in [0, 0.1) is 13.8 Å². The minimum Gasteiger partial charge on any atom is -0.426 e. The first kappa shape index (κ1) is 21.9. The fraction of sp³-hybridized carbons (Fsp3) is 0.667. The Morgan fingerprint density at radius 1 is 1.08 bits per heavy atom. The predicted octanol–water partition coefficient (Wildman–Crippen LogP) is 5.92. The highest BCUT2D eigenvalue weighted by molar-refractivity contribution is 6.74. The van der Waals surface area contributed by atoms with Gasteiger partial charge in [0.15, 0.2) is 8.32 Å².